The lowest BCUT2D eigenvalue weighted by Crippen LogP contribution is -2.47. The van der Waals surface area contributed by atoms with Crippen LogP contribution in [0.15, 0.2) is 0 Å². The summed E-state index contributed by atoms with van der Waals surface area (Å²) in [6.45, 7) is 11.1. The Bertz CT molecular complexity index is 308. The first-order valence-corrected chi connectivity index (χ1v) is 8.46. The summed E-state index contributed by atoms with van der Waals surface area (Å²) in [5, 5.41) is 13.0. The molecular weight excluding hydrogens is 246 g/mol. The Morgan fingerprint density at radius 2 is 2.10 bits per heavy atom. The Morgan fingerprint density at radius 1 is 1.35 bits per heavy atom. The van der Waals surface area contributed by atoms with Gasteiger partial charge in [-0.15, -0.1) is 0 Å². The molecule has 0 saturated carbocycles. The van der Waals surface area contributed by atoms with Gasteiger partial charge in [0.15, 0.2) is 0 Å². The summed E-state index contributed by atoms with van der Waals surface area (Å²) in [5.74, 6) is 0. The lowest BCUT2D eigenvalue weighted by Gasteiger charge is -2.31. The zero-order valence-corrected chi connectivity index (χ0v) is 13.9. The van der Waals surface area contributed by atoms with Crippen LogP contribution in [0.3, 0.4) is 0 Å². The molecule has 116 valence electrons. The molecule has 0 spiro atoms. The highest BCUT2D eigenvalue weighted by Crippen LogP contribution is 2.21. The lowest BCUT2D eigenvalue weighted by molar-refractivity contribution is 0.200. The zero-order chi connectivity index (χ0) is 15.0. The van der Waals surface area contributed by atoms with E-state index >= 15 is 0 Å². The zero-order valence-electron chi connectivity index (χ0n) is 13.9. The first-order chi connectivity index (χ1) is 9.53. The normalized spacial score (nSPS) is 24.1. The van der Waals surface area contributed by atoms with E-state index in [1.54, 1.807) is 0 Å². The number of likely N-dealkylation sites (tertiary alicyclic amines) is 1. The van der Waals surface area contributed by atoms with Gasteiger partial charge in [-0.25, -0.2) is 0 Å². The molecule has 2 atom stereocenters. The highest BCUT2D eigenvalue weighted by molar-refractivity contribution is 5.06. The molecule has 3 nitrogen and oxygen atoms in total. The minimum absolute atomic E-state index is 0.330. The fourth-order valence-corrected chi connectivity index (χ4v) is 3.32. The molecule has 1 N–H and O–H groups in total. The molecule has 3 heteroatoms. The van der Waals surface area contributed by atoms with Crippen molar-refractivity contribution in [1.82, 2.24) is 10.2 Å². The number of nitrogens with one attached hydrogen (secondary N) is 1. The molecule has 0 bridgehead atoms. The molecule has 0 aliphatic carbocycles. The van der Waals surface area contributed by atoms with Gasteiger partial charge in [0.2, 0.25) is 0 Å². The predicted octanol–water partition coefficient (Wildman–Crippen LogP) is 3.70. The van der Waals surface area contributed by atoms with Crippen LogP contribution < -0.4 is 5.32 Å². The lowest BCUT2D eigenvalue weighted by atomic mass is 9.91. The van der Waals surface area contributed by atoms with Crippen LogP contribution >= 0.6 is 0 Å². The smallest absolute Gasteiger partial charge is 0.106 e. The van der Waals surface area contributed by atoms with E-state index in [9.17, 15) is 5.26 Å². The van der Waals surface area contributed by atoms with Crippen molar-refractivity contribution in [2.45, 2.75) is 90.3 Å². The molecule has 0 aromatic carbocycles. The topological polar surface area (TPSA) is 39.1 Å². The van der Waals surface area contributed by atoms with E-state index in [1.165, 1.54) is 32.2 Å². The third-order valence-electron chi connectivity index (χ3n) is 4.62. The molecule has 1 aliphatic heterocycles. The van der Waals surface area contributed by atoms with E-state index < -0.39 is 0 Å². The SMILES string of the molecule is CCC(C#N)(CCCN1CCCCCC1C)NC(C)C. The number of rotatable bonds is 7. The molecule has 2 unspecified atom stereocenters. The quantitative estimate of drug-likeness (QED) is 0.772. The Labute approximate surface area is 125 Å². The summed E-state index contributed by atoms with van der Waals surface area (Å²) < 4.78 is 0. The molecule has 0 radical (unpaired) electrons. The van der Waals surface area contributed by atoms with Gasteiger partial charge in [-0.3, -0.25) is 5.32 Å². The van der Waals surface area contributed by atoms with Crippen LogP contribution in [-0.2, 0) is 0 Å². The van der Waals surface area contributed by atoms with E-state index in [0.29, 0.717) is 12.1 Å². The monoisotopic (exact) mass is 279 g/mol. The predicted molar refractivity (Wildman–Crippen MR) is 85.6 cm³/mol. The van der Waals surface area contributed by atoms with E-state index in [-0.39, 0.29) is 5.54 Å². The molecule has 20 heavy (non-hydrogen) atoms. The van der Waals surface area contributed by atoms with Crippen LogP contribution in [0.5, 0.6) is 0 Å². The summed E-state index contributed by atoms with van der Waals surface area (Å²) in [4.78, 5) is 2.63. The molecule has 0 aromatic heterocycles. The number of nitriles is 1. The first kappa shape index (κ1) is 17.5. The van der Waals surface area contributed by atoms with Gasteiger partial charge in [0.05, 0.1) is 6.07 Å². The fourth-order valence-electron chi connectivity index (χ4n) is 3.32. The van der Waals surface area contributed by atoms with E-state index in [2.05, 4.69) is 44.0 Å². The van der Waals surface area contributed by atoms with Crippen molar-refractivity contribution in [2.75, 3.05) is 13.1 Å². The summed E-state index contributed by atoms with van der Waals surface area (Å²) >= 11 is 0. The second kappa shape index (κ2) is 8.64. The summed E-state index contributed by atoms with van der Waals surface area (Å²) in [5.41, 5.74) is -0.330. The van der Waals surface area contributed by atoms with Crippen molar-refractivity contribution in [3.05, 3.63) is 0 Å². The maximum absolute atomic E-state index is 9.53. The van der Waals surface area contributed by atoms with Crippen LogP contribution in [0.1, 0.15) is 72.6 Å². The van der Waals surface area contributed by atoms with Crippen molar-refractivity contribution in [3.8, 4) is 6.07 Å². The van der Waals surface area contributed by atoms with Crippen molar-refractivity contribution >= 4 is 0 Å². The van der Waals surface area contributed by atoms with Crippen LogP contribution in [0.4, 0.5) is 0 Å². The van der Waals surface area contributed by atoms with Gasteiger partial charge >= 0.3 is 0 Å². The van der Waals surface area contributed by atoms with E-state index in [0.717, 1.165) is 25.8 Å². The largest absolute Gasteiger partial charge is 0.301 e. The number of hydrogen-bond acceptors (Lipinski definition) is 3. The van der Waals surface area contributed by atoms with Crippen molar-refractivity contribution in [1.29, 1.82) is 5.26 Å². The number of hydrogen-bond donors (Lipinski definition) is 1. The maximum Gasteiger partial charge on any atom is 0.106 e. The third kappa shape index (κ3) is 5.42. The fraction of sp³-hybridized carbons (Fsp3) is 0.941. The molecule has 1 saturated heterocycles. The molecule has 1 rings (SSSR count). The first-order valence-electron chi connectivity index (χ1n) is 8.46. The van der Waals surface area contributed by atoms with Crippen LogP contribution in [0, 0.1) is 11.3 Å². The minimum Gasteiger partial charge on any atom is -0.301 e. The van der Waals surface area contributed by atoms with Crippen LogP contribution in [0.2, 0.25) is 0 Å². The van der Waals surface area contributed by atoms with Gasteiger partial charge in [0.25, 0.3) is 0 Å². The van der Waals surface area contributed by atoms with Gasteiger partial charge in [-0.1, -0.05) is 19.8 Å². The summed E-state index contributed by atoms with van der Waals surface area (Å²) in [6.07, 6.45) is 8.40. The Hall–Kier alpha value is -0.590. The van der Waals surface area contributed by atoms with Gasteiger partial charge in [0, 0.05) is 12.1 Å². The Balaban J connectivity index is 2.45. The van der Waals surface area contributed by atoms with Crippen molar-refractivity contribution in [2.24, 2.45) is 0 Å². The minimum atomic E-state index is -0.330. The highest BCUT2D eigenvalue weighted by Gasteiger charge is 2.28. The molecular formula is C17H33N3. The molecule has 0 amide bonds. The van der Waals surface area contributed by atoms with Gasteiger partial charge in [-0.2, -0.15) is 5.26 Å². The standard InChI is InChI=1S/C17H33N3/c1-5-17(14-18,19-15(2)3)11-9-13-20-12-8-6-7-10-16(20)4/h15-16,19H,5-13H2,1-4H3. The van der Waals surface area contributed by atoms with Crippen molar-refractivity contribution in [3.63, 3.8) is 0 Å². The molecule has 1 heterocycles. The third-order valence-corrected chi connectivity index (χ3v) is 4.62. The Morgan fingerprint density at radius 3 is 2.70 bits per heavy atom. The Kier molecular flexibility index (Phi) is 7.55. The second-order valence-electron chi connectivity index (χ2n) is 6.68. The van der Waals surface area contributed by atoms with Crippen LogP contribution in [-0.4, -0.2) is 35.6 Å². The average molecular weight is 279 g/mol. The molecule has 1 fully saturated rings. The van der Waals surface area contributed by atoms with Crippen LogP contribution in [0.25, 0.3) is 0 Å². The van der Waals surface area contributed by atoms with E-state index in [1.807, 2.05) is 0 Å². The molecule has 1 aliphatic rings. The van der Waals surface area contributed by atoms with Crippen molar-refractivity contribution < 1.29 is 0 Å². The number of nitrogens with zero attached hydrogens (tertiary/aromatic N) is 2. The maximum atomic E-state index is 9.53. The summed E-state index contributed by atoms with van der Waals surface area (Å²) in [6, 6.07) is 3.61. The second-order valence-corrected chi connectivity index (χ2v) is 6.68. The average Bonchev–Trinajstić information content (AvgIpc) is 2.62. The van der Waals surface area contributed by atoms with Gasteiger partial charge < -0.3 is 4.90 Å². The summed E-state index contributed by atoms with van der Waals surface area (Å²) in [7, 11) is 0. The highest BCUT2D eigenvalue weighted by atomic mass is 15.1. The van der Waals surface area contributed by atoms with Gasteiger partial charge in [0.1, 0.15) is 5.54 Å². The van der Waals surface area contributed by atoms with Gasteiger partial charge in [-0.05, 0) is 66.0 Å². The molecule has 0 aromatic rings. The van der Waals surface area contributed by atoms with E-state index in [4.69, 9.17) is 0 Å².